The number of amides is 1. The second-order valence-electron chi connectivity index (χ2n) is 6.32. The molecule has 8 heteroatoms. The molecule has 1 amide bonds. The SMILES string of the molecule is COc1ccc(S(=O)(=O)Nc2ccc(Cl)cc2C(=O)N2CCCCC2)cc1. The first-order valence-electron chi connectivity index (χ1n) is 8.66. The van der Waals surface area contributed by atoms with Gasteiger partial charge in [-0.25, -0.2) is 8.42 Å². The molecule has 0 spiro atoms. The van der Waals surface area contributed by atoms with E-state index in [1.807, 2.05) is 0 Å². The molecule has 1 saturated heterocycles. The van der Waals surface area contributed by atoms with Gasteiger partial charge in [-0.2, -0.15) is 0 Å². The van der Waals surface area contributed by atoms with Crippen molar-refractivity contribution in [3.63, 3.8) is 0 Å². The van der Waals surface area contributed by atoms with E-state index >= 15 is 0 Å². The minimum Gasteiger partial charge on any atom is -0.497 e. The summed E-state index contributed by atoms with van der Waals surface area (Å²) in [7, 11) is -2.35. The molecular weight excluding hydrogens is 388 g/mol. The molecule has 1 N–H and O–H groups in total. The van der Waals surface area contributed by atoms with Crippen molar-refractivity contribution in [3.8, 4) is 5.75 Å². The Balaban J connectivity index is 1.90. The van der Waals surface area contributed by atoms with Gasteiger partial charge in [0, 0.05) is 18.1 Å². The molecule has 2 aromatic rings. The number of sulfonamides is 1. The molecule has 0 radical (unpaired) electrons. The lowest BCUT2D eigenvalue weighted by Crippen LogP contribution is -2.36. The molecule has 3 rings (SSSR count). The van der Waals surface area contributed by atoms with Crippen molar-refractivity contribution in [1.29, 1.82) is 0 Å². The molecule has 0 atom stereocenters. The number of piperidine rings is 1. The first-order chi connectivity index (χ1) is 12.9. The Morgan fingerprint density at radius 2 is 1.74 bits per heavy atom. The Hall–Kier alpha value is -2.25. The van der Waals surface area contributed by atoms with Crippen LogP contribution in [0.25, 0.3) is 0 Å². The maximum absolute atomic E-state index is 12.9. The van der Waals surface area contributed by atoms with Gasteiger partial charge in [0.15, 0.2) is 0 Å². The number of hydrogen-bond donors (Lipinski definition) is 1. The van der Waals surface area contributed by atoms with Gasteiger partial charge in [-0.1, -0.05) is 11.6 Å². The minimum absolute atomic E-state index is 0.0784. The van der Waals surface area contributed by atoms with Gasteiger partial charge < -0.3 is 9.64 Å². The number of hydrogen-bond acceptors (Lipinski definition) is 4. The van der Waals surface area contributed by atoms with Crippen LogP contribution in [0.1, 0.15) is 29.6 Å². The summed E-state index contributed by atoms with van der Waals surface area (Å²) in [6, 6.07) is 10.6. The smallest absolute Gasteiger partial charge is 0.261 e. The van der Waals surface area contributed by atoms with Gasteiger partial charge in [-0.3, -0.25) is 9.52 Å². The van der Waals surface area contributed by atoms with E-state index in [1.54, 1.807) is 23.1 Å². The number of nitrogens with one attached hydrogen (secondary N) is 1. The van der Waals surface area contributed by atoms with Gasteiger partial charge in [0.1, 0.15) is 5.75 Å². The first kappa shape index (κ1) is 19.5. The zero-order chi connectivity index (χ0) is 19.4. The van der Waals surface area contributed by atoms with Gasteiger partial charge in [-0.05, 0) is 61.7 Å². The molecular formula is C19H21ClN2O4S. The molecule has 1 fully saturated rings. The van der Waals surface area contributed by atoms with E-state index in [4.69, 9.17) is 16.3 Å². The predicted molar refractivity (Wildman–Crippen MR) is 105 cm³/mol. The van der Waals surface area contributed by atoms with Crippen molar-refractivity contribution in [3.05, 3.63) is 53.1 Å². The molecule has 0 aliphatic carbocycles. The Bertz CT molecular complexity index is 923. The van der Waals surface area contributed by atoms with Crippen LogP contribution in [-0.4, -0.2) is 39.4 Å². The third-order valence-corrected chi connectivity index (χ3v) is 6.09. The van der Waals surface area contributed by atoms with E-state index in [0.717, 1.165) is 19.3 Å². The van der Waals surface area contributed by atoms with Crippen molar-refractivity contribution in [2.45, 2.75) is 24.2 Å². The first-order valence-corrected chi connectivity index (χ1v) is 10.5. The summed E-state index contributed by atoms with van der Waals surface area (Å²) in [6.07, 6.45) is 2.98. The summed E-state index contributed by atoms with van der Waals surface area (Å²) in [5.74, 6) is 0.339. The highest BCUT2D eigenvalue weighted by Crippen LogP contribution is 2.26. The fourth-order valence-corrected chi connectivity index (χ4v) is 4.26. The molecule has 0 unspecified atom stereocenters. The summed E-state index contributed by atoms with van der Waals surface area (Å²) in [6.45, 7) is 1.33. The average Bonchev–Trinajstić information content (AvgIpc) is 2.69. The van der Waals surface area contributed by atoms with Crippen molar-refractivity contribution < 1.29 is 17.9 Å². The van der Waals surface area contributed by atoms with Gasteiger partial charge in [-0.15, -0.1) is 0 Å². The number of ether oxygens (including phenoxy) is 1. The van der Waals surface area contributed by atoms with Crippen LogP contribution in [0.5, 0.6) is 5.75 Å². The minimum atomic E-state index is -3.86. The van der Waals surface area contributed by atoms with Crippen LogP contribution in [0, 0.1) is 0 Å². The number of benzene rings is 2. The van der Waals surface area contributed by atoms with Crippen molar-refractivity contribution in [2.75, 3.05) is 24.9 Å². The summed E-state index contributed by atoms with van der Waals surface area (Å²) in [4.78, 5) is 14.7. The molecule has 1 aliphatic rings. The van der Waals surface area contributed by atoms with Crippen LogP contribution in [0.15, 0.2) is 47.4 Å². The number of rotatable bonds is 5. The van der Waals surface area contributed by atoms with Crippen molar-refractivity contribution >= 4 is 33.2 Å². The fourth-order valence-electron chi connectivity index (χ4n) is 3.01. The standard InChI is InChI=1S/C19H21ClN2O4S/c1-26-15-6-8-16(9-7-15)27(24,25)21-18-10-5-14(20)13-17(18)19(23)22-11-3-2-4-12-22/h5-10,13,21H,2-4,11-12H2,1H3. The number of carbonyl (C=O) groups is 1. The third-order valence-electron chi connectivity index (χ3n) is 4.47. The number of carbonyl (C=O) groups excluding carboxylic acids is 1. The maximum Gasteiger partial charge on any atom is 0.261 e. The van der Waals surface area contributed by atoms with Gasteiger partial charge in [0.05, 0.1) is 23.3 Å². The fraction of sp³-hybridized carbons (Fsp3) is 0.316. The van der Waals surface area contributed by atoms with Crippen LogP contribution in [0.4, 0.5) is 5.69 Å². The number of halogens is 1. The molecule has 27 heavy (non-hydrogen) atoms. The van der Waals surface area contributed by atoms with E-state index in [0.29, 0.717) is 23.9 Å². The van der Waals surface area contributed by atoms with Crippen molar-refractivity contribution in [1.82, 2.24) is 4.90 Å². The monoisotopic (exact) mass is 408 g/mol. The molecule has 0 saturated carbocycles. The van der Waals surface area contributed by atoms with Gasteiger partial charge >= 0.3 is 0 Å². The molecule has 1 aliphatic heterocycles. The van der Waals surface area contributed by atoms with Crippen LogP contribution in [-0.2, 0) is 10.0 Å². The molecule has 144 valence electrons. The molecule has 6 nitrogen and oxygen atoms in total. The van der Waals surface area contributed by atoms with Crippen molar-refractivity contribution in [2.24, 2.45) is 0 Å². The quantitative estimate of drug-likeness (QED) is 0.816. The van der Waals surface area contributed by atoms with E-state index in [9.17, 15) is 13.2 Å². The predicted octanol–water partition coefficient (Wildman–Crippen LogP) is 3.78. The highest BCUT2D eigenvalue weighted by atomic mass is 35.5. The van der Waals surface area contributed by atoms with Crippen LogP contribution < -0.4 is 9.46 Å². The Morgan fingerprint density at radius 3 is 2.37 bits per heavy atom. The number of anilines is 1. The number of methoxy groups -OCH3 is 1. The van der Waals surface area contributed by atoms with Gasteiger partial charge in [0.2, 0.25) is 0 Å². The number of nitrogens with zero attached hydrogens (tertiary/aromatic N) is 1. The van der Waals surface area contributed by atoms with E-state index in [1.165, 1.54) is 31.4 Å². The Labute approximate surface area is 164 Å². The highest BCUT2D eigenvalue weighted by Gasteiger charge is 2.24. The topological polar surface area (TPSA) is 75.7 Å². The van der Waals surface area contributed by atoms with Crippen LogP contribution in [0.3, 0.4) is 0 Å². The summed E-state index contributed by atoms with van der Waals surface area (Å²) in [5.41, 5.74) is 0.465. The maximum atomic E-state index is 12.9. The second-order valence-corrected chi connectivity index (χ2v) is 8.44. The lowest BCUT2D eigenvalue weighted by molar-refractivity contribution is 0.0725. The average molecular weight is 409 g/mol. The summed E-state index contributed by atoms with van der Waals surface area (Å²) < 4.78 is 33.0. The zero-order valence-corrected chi connectivity index (χ0v) is 16.5. The molecule has 2 aromatic carbocycles. The lowest BCUT2D eigenvalue weighted by Gasteiger charge is -2.27. The van der Waals surface area contributed by atoms with E-state index in [2.05, 4.69) is 4.72 Å². The normalized spacial score (nSPS) is 14.7. The van der Waals surface area contributed by atoms with Gasteiger partial charge in [0.25, 0.3) is 15.9 Å². The number of likely N-dealkylation sites (tertiary alicyclic amines) is 1. The van der Waals surface area contributed by atoms with Crippen LogP contribution in [0.2, 0.25) is 5.02 Å². The van der Waals surface area contributed by atoms with E-state index in [-0.39, 0.29) is 22.1 Å². The van der Waals surface area contributed by atoms with Crippen LogP contribution >= 0.6 is 11.6 Å². The summed E-state index contributed by atoms with van der Waals surface area (Å²) >= 11 is 6.06. The lowest BCUT2D eigenvalue weighted by atomic mass is 10.1. The molecule has 1 heterocycles. The van der Waals surface area contributed by atoms with E-state index < -0.39 is 10.0 Å². The largest absolute Gasteiger partial charge is 0.497 e. The Morgan fingerprint density at radius 1 is 1.07 bits per heavy atom. The molecule has 0 aromatic heterocycles. The zero-order valence-electron chi connectivity index (χ0n) is 14.9. The molecule has 0 bridgehead atoms. The second kappa shape index (κ2) is 8.19. The highest BCUT2D eigenvalue weighted by molar-refractivity contribution is 7.92. The Kier molecular flexibility index (Phi) is 5.92. The third kappa shape index (κ3) is 4.54. The summed E-state index contributed by atoms with van der Waals surface area (Å²) in [5, 5.41) is 0.378.